The summed E-state index contributed by atoms with van der Waals surface area (Å²) in [6, 6.07) is 10.1. The number of benzene rings is 2. The summed E-state index contributed by atoms with van der Waals surface area (Å²) in [7, 11) is 0. The van der Waals surface area contributed by atoms with Crippen LogP contribution in [-0.4, -0.2) is 19.1 Å². The Balaban J connectivity index is 1.79. The predicted octanol–water partition coefficient (Wildman–Crippen LogP) is 5.04. The van der Waals surface area contributed by atoms with Gasteiger partial charge in [-0.1, -0.05) is 37.0 Å². The van der Waals surface area contributed by atoms with Crippen molar-refractivity contribution < 1.29 is 14.3 Å². The quantitative estimate of drug-likeness (QED) is 0.810. The van der Waals surface area contributed by atoms with Gasteiger partial charge in [0.1, 0.15) is 0 Å². The van der Waals surface area contributed by atoms with Crippen molar-refractivity contribution in [3.8, 4) is 11.5 Å². The SMILES string of the molecule is CC1(C)COc2ccc(C(=O)Nc3ccc(Cl)c(Cl)c3)cc2OC1. The number of fused-ring (bicyclic) bond motifs is 1. The van der Waals surface area contributed by atoms with E-state index in [1.54, 1.807) is 36.4 Å². The molecule has 1 N–H and O–H groups in total. The Hall–Kier alpha value is -1.91. The van der Waals surface area contributed by atoms with Crippen LogP contribution in [0.2, 0.25) is 10.0 Å². The number of carbonyl (C=O) groups excluding carboxylic acids is 1. The number of hydrogen-bond acceptors (Lipinski definition) is 3. The van der Waals surface area contributed by atoms with Crippen LogP contribution in [0.4, 0.5) is 5.69 Å². The predicted molar refractivity (Wildman–Crippen MR) is 95.6 cm³/mol. The highest BCUT2D eigenvalue weighted by atomic mass is 35.5. The third kappa shape index (κ3) is 3.77. The number of amides is 1. The average molecular weight is 366 g/mol. The van der Waals surface area contributed by atoms with Gasteiger partial charge >= 0.3 is 0 Å². The zero-order chi connectivity index (χ0) is 17.3. The molecule has 1 amide bonds. The van der Waals surface area contributed by atoms with Gasteiger partial charge in [0.15, 0.2) is 11.5 Å². The summed E-state index contributed by atoms with van der Waals surface area (Å²) in [6.07, 6.45) is 0. The monoisotopic (exact) mass is 365 g/mol. The van der Waals surface area contributed by atoms with Crippen molar-refractivity contribution in [2.75, 3.05) is 18.5 Å². The fraction of sp³-hybridized carbons (Fsp3) is 0.278. The zero-order valence-electron chi connectivity index (χ0n) is 13.4. The molecule has 24 heavy (non-hydrogen) atoms. The van der Waals surface area contributed by atoms with Gasteiger partial charge in [-0.05, 0) is 36.4 Å². The molecule has 0 fully saturated rings. The van der Waals surface area contributed by atoms with Crippen molar-refractivity contribution in [1.29, 1.82) is 0 Å². The number of hydrogen-bond donors (Lipinski definition) is 1. The van der Waals surface area contributed by atoms with Crippen molar-refractivity contribution in [1.82, 2.24) is 0 Å². The van der Waals surface area contributed by atoms with Gasteiger partial charge in [0.25, 0.3) is 5.91 Å². The highest BCUT2D eigenvalue weighted by Crippen LogP contribution is 2.34. The second-order valence-corrected chi connectivity index (χ2v) is 7.30. The first-order chi connectivity index (χ1) is 11.3. The largest absolute Gasteiger partial charge is 0.489 e. The fourth-order valence-electron chi connectivity index (χ4n) is 2.25. The summed E-state index contributed by atoms with van der Waals surface area (Å²) in [4.78, 5) is 12.4. The smallest absolute Gasteiger partial charge is 0.255 e. The molecule has 0 saturated carbocycles. The van der Waals surface area contributed by atoms with Crippen LogP contribution in [0.25, 0.3) is 0 Å². The van der Waals surface area contributed by atoms with E-state index in [0.29, 0.717) is 46.0 Å². The summed E-state index contributed by atoms with van der Waals surface area (Å²) in [5.41, 5.74) is 0.965. The summed E-state index contributed by atoms with van der Waals surface area (Å²) >= 11 is 11.8. The van der Waals surface area contributed by atoms with E-state index in [0.717, 1.165) is 0 Å². The molecule has 4 nitrogen and oxygen atoms in total. The topological polar surface area (TPSA) is 47.6 Å². The maximum atomic E-state index is 12.4. The number of carbonyl (C=O) groups is 1. The normalized spacial score (nSPS) is 15.5. The molecule has 0 atom stereocenters. The summed E-state index contributed by atoms with van der Waals surface area (Å²) in [6.45, 7) is 5.22. The molecule has 1 aliphatic heterocycles. The highest BCUT2D eigenvalue weighted by Gasteiger charge is 2.25. The number of ether oxygens (including phenoxy) is 2. The molecule has 0 aromatic heterocycles. The maximum Gasteiger partial charge on any atom is 0.255 e. The number of halogens is 2. The lowest BCUT2D eigenvalue weighted by atomic mass is 9.97. The van der Waals surface area contributed by atoms with E-state index in [9.17, 15) is 4.79 Å². The molecule has 1 heterocycles. The first-order valence-corrected chi connectivity index (χ1v) is 8.26. The molecular formula is C18H17Cl2NO3. The van der Waals surface area contributed by atoms with Crippen LogP contribution in [-0.2, 0) is 0 Å². The molecule has 0 bridgehead atoms. The second kappa shape index (κ2) is 6.54. The van der Waals surface area contributed by atoms with Gasteiger partial charge in [-0.25, -0.2) is 0 Å². The van der Waals surface area contributed by atoms with E-state index in [4.69, 9.17) is 32.7 Å². The Bertz CT molecular complexity index is 790. The first-order valence-electron chi connectivity index (χ1n) is 7.50. The number of nitrogens with one attached hydrogen (secondary N) is 1. The fourth-order valence-corrected chi connectivity index (χ4v) is 2.54. The van der Waals surface area contributed by atoms with E-state index < -0.39 is 0 Å². The molecule has 0 aliphatic carbocycles. The van der Waals surface area contributed by atoms with Gasteiger partial charge in [-0.2, -0.15) is 0 Å². The third-order valence-corrected chi connectivity index (χ3v) is 4.36. The van der Waals surface area contributed by atoms with Crippen molar-refractivity contribution in [2.24, 2.45) is 5.41 Å². The molecule has 3 rings (SSSR count). The molecule has 2 aromatic rings. The minimum absolute atomic E-state index is 0.0818. The van der Waals surface area contributed by atoms with Gasteiger partial charge in [0.2, 0.25) is 0 Å². The van der Waals surface area contributed by atoms with Crippen LogP contribution in [0.15, 0.2) is 36.4 Å². The zero-order valence-corrected chi connectivity index (χ0v) is 14.9. The minimum Gasteiger partial charge on any atom is -0.489 e. The Morgan fingerprint density at radius 1 is 1.00 bits per heavy atom. The van der Waals surface area contributed by atoms with E-state index in [-0.39, 0.29) is 11.3 Å². The number of anilines is 1. The molecule has 0 unspecified atom stereocenters. The van der Waals surface area contributed by atoms with Crippen LogP contribution in [0.1, 0.15) is 24.2 Å². The highest BCUT2D eigenvalue weighted by molar-refractivity contribution is 6.42. The maximum absolute atomic E-state index is 12.4. The summed E-state index contributed by atoms with van der Waals surface area (Å²) in [5.74, 6) is 0.956. The summed E-state index contributed by atoms with van der Waals surface area (Å²) in [5, 5.41) is 3.61. The lowest BCUT2D eigenvalue weighted by Crippen LogP contribution is -2.26. The molecule has 6 heteroatoms. The van der Waals surface area contributed by atoms with Crippen LogP contribution in [0, 0.1) is 5.41 Å². The van der Waals surface area contributed by atoms with E-state index in [2.05, 4.69) is 19.2 Å². The molecule has 0 spiro atoms. The Kier molecular flexibility index (Phi) is 4.61. The van der Waals surface area contributed by atoms with Crippen LogP contribution >= 0.6 is 23.2 Å². The van der Waals surface area contributed by atoms with E-state index in [1.807, 2.05) is 0 Å². The van der Waals surface area contributed by atoms with Crippen LogP contribution < -0.4 is 14.8 Å². The van der Waals surface area contributed by atoms with Gasteiger partial charge < -0.3 is 14.8 Å². The molecule has 0 radical (unpaired) electrons. The van der Waals surface area contributed by atoms with Crippen LogP contribution in [0.3, 0.4) is 0 Å². The third-order valence-electron chi connectivity index (χ3n) is 3.62. The van der Waals surface area contributed by atoms with Gasteiger partial charge in [-0.15, -0.1) is 0 Å². The minimum atomic E-state index is -0.261. The van der Waals surface area contributed by atoms with E-state index in [1.165, 1.54) is 0 Å². The van der Waals surface area contributed by atoms with Crippen molar-refractivity contribution >= 4 is 34.8 Å². The molecular weight excluding hydrogens is 349 g/mol. The van der Waals surface area contributed by atoms with Gasteiger partial charge in [0.05, 0.1) is 23.3 Å². The molecule has 0 saturated heterocycles. The Labute approximate surface area is 150 Å². The Morgan fingerprint density at radius 2 is 1.71 bits per heavy atom. The number of rotatable bonds is 2. The second-order valence-electron chi connectivity index (χ2n) is 6.49. The molecule has 2 aromatic carbocycles. The lowest BCUT2D eigenvalue weighted by Gasteiger charge is -2.19. The van der Waals surface area contributed by atoms with Gasteiger partial charge in [-0.3, -0.25) is 4.79 Å². The van der Waals surface area contributed by atoms with Crippen molar-refractivity contribution in [3.63, 3.8) is 0 Å². The first kappa shape index (κ1) is 16.9. The summed E-state index contributed by atoms with van der Waals surface area (Å²) < 4.78 is 11.6. The molecule has 126 valence electrons. The standard InChI is InChI=1S/C18H17Cl2NO3/c1-18(2)9-23-15-6-3-11(7-16(15)24-10-18)17(22)21-12-4-5-13(19)14(20)8-12/h3-8H,9-10H2,1-2H3,(H,21,22). The van der Waals surface area contributed by atoms with Gasteiger partial charge in [0, 0.05) is 16.7 Å². The van der Waals surface area contributed by atoms with E-state index >= 15 is 0 Å². The Morgan fingerprint density at radius 3 is 2.42 bits per heavy atom. The van der Waals surface area contributed by atoms with Crippen molar-refractivity contribution in [3.05, 3.63) is 52.0 Å². The lowest BCUT2D eigenvalue weighted by molar-refractivity contribution is 0.102. The molecule has 1 aliphatic rings. The average Bonchev–Trinajstić information content (AvgIpc) is 2.69. The van der Waals surface area contributed by atoms with Crippen LogP contribution in [0.5, 0.6) is 11.5 Å². The van der Waals surface area contributed by atoms with Crippen molar-refractivity contribution in [2.45, 2.75) is 13.8 Å².